The van der Waals surface area contributed by atoms with Crippen LogP contribution in [0.3, 0.4) is 0 Å². The Morgan fingerprint density at radius 2 is 1.79 bits per heavy atom. The zero-order valence-electron chi connectivity index (χ0n) is 22.8. The van der Waals surface area contributed by atoms with E-state index < -0.39 is 29.6 Å². The maximum Gasteiger partial charge on any atom is 0.339 e. The fraction of sp³-hybridized carbons (Fsp3) is 0.188. The van der Waals surface area contributed by atoms with Gasteiger partial charge in [-0.2, -0.15) is 0 Å². The number of hydrogen-bond acceptors (Lipinski definition) is 6. The summed E-state index contributed by atoms with van der Waals surface area (Å²) in [7, 11) is 0. The summed E-state index contributed by atoms with van der Waals surface area (Å²) >= 11 is 6.95. The Kier molecular flexibility index (Phi) is 9.09. The third-order valence-electron chi connectivity index (χ3n) is 6.68. The molecule has 0 atom stereocenters. The number of nitrogens with zero attached hydrogens (tertiary/aromatic N) is 2. The van der Waals surface area contributed by atoms with Gasteiger partial charge in [-0.05, 0) is 54.1 Å². The number of amides is 3. The third-order valence-corrected chi connectivity index (χ3v) is 7.92. The molecular formula is C32H28ClN3O5S. The van der Waals surface area contributed by atoms with Gasteiger partial charge in [0.1, 0.15) is 6.54 Å². The minimum atomic E-state index is -0.592. The number of carbonyl (C=O) groups excluding carboxylic acids is 4. The van der Waals surface area contributed by atoms with E-state index in [4.69, 9.17) is 16.3 Å². The van der Waals surface area contributed by atoms with Crippen LogP contribution < -0.4 is 5.32 Å². The first-order valence-electron chi connectivity index (χ1n) is 13.5. The van der Waals surface area contributed by atoms with Crippen LogP contribution in [0.5, 0.6) is 0 Å². The van der Waals surface area contributed by atoms with Crippen LogP contribution >= 0.6 is 23.4 Å². The van der Waals surface area contributed by atoms with Crippen LogP contribution in [0.15, 0.2) is 83.9 Å². The number of aromatic nitrogens is 1. The van der Waals surface area contributed by atoms with Crippen molar-refractivity contribution >= 4 is 69.1 Å². The van der Waals surface area contributed by atoms with Crippen molar-refractivity contribution in [1.29, 1.82) is 0 Å². The number of para-hydroxylation sites is 1. The number of fused-ring (bicyclic) bond motifs is 1. The molecule has 1 aromatic heterocycles. The van der Waals surface area contributed by atoms with Gasteiger partial charge in [-0.3, -0.25) is 19.3 Å². The number of imide groups is 1. The topological polar surface area (TPSA) is 97.7 Å². The second-order valence-corrected chi connectivity index (χ2v) is 11.1. The van der Waals surface area contributed by atoms with Crippen molar-refractivity contribution in [1.82, 2.24) is 9.47 Å². The van der Waals surface area contributed by atoms with E-state index in [1.165, 1.54) is 18.2 Å². The van der Waals surface area contributed by atoms with Crippen molar-refractivity contribution in [3.8, 4) is 0 Å². The van der Waals surface area contributed by atoms with Gasteiger partial charge in [-0.25, -0.2) is 4.79 Å². The fourth-order valence-corrected chi connectivity index (χ4v) is 5.59. The molecule has 2 heterocycles. The van der Waals surface area contributed by atoms with Crippen molar-refractivity contribution in [3.05, 3.63) is 106 Å². The molecule has 1 saturated heterocycles. The van der Waals surface area contributed by atoms with Crippen molar-refractivity contribution in [3.63, 3.8) is 0 Å². The van der Waals surface area contributed by atoms with Gasteiger partial charge in [0.05, 0.1) is 22.1 Å². The molecule has 0 spiro atoms. The Bertz CT molecular complexity index is 1700. The number of nitrogens with one attached hydrogen (secondary N) is 1. The predicted octanol–water partition coefficient (Wildman–Crippen LogP) is 6.97. The second kappa shape index (κ2) is 13.1. The summed E-state index contributed by atoms with van der Waals surface area (Å²) in [5.74, 6) is -1.73. The number of unbranched alkanes of at least 4 members (excludes halogenated alkanes) is 1. The minimum Gasteiger partial charge on any atom is -0.462 e. The monoisotopic (exact) mass is 601 g/mol. The average molecular weight is 602 g/mol. The number of rotatable bonds is 10. The maximum absolute atomic E-state index is 13.2. The minimum absolute atomic E-state index is 0.117. The van der Waals surface area contributed by atoms with Gasteiger partial charge >= 0.3 is 5.97 Å². The number of halogens is 1. The fourth-order valence-electron chi connectivity index (χ4n) is 4.57. The average Bonchev–Trinajstić information content (AvgIpc) is 3.46. The molecule has 0 aliphatic carbocycles. The molecule has 1 N–H and O–H groups in total. The van der Waals surface area contributed by atoms with Gasteiger partial charge in [-0.15, -0.1) is 0 Å². The molecule has 0 bridgehead atoms. The summed E-state index contributed by atoms with van der Waals surface area (Å²) in [6.07, 6.45) is 5.26. The van der Waals surface area contributed by atoms with Gasteiger partial charge in [-0.1, -0.05) is 73.5 Å². The molecule has 0 unspecified atom stereocenters. The van der Waals surface area contributed by atoms with Crippen LogP contribution in [-0.2, 0) is 20.9 Å². The Morgan fingerprint density at radius 3 is 2.57 bits per heavy atom. The SMILES string of the molecule is CCCCOC(=O)c1cc(NC(=O)CN2C(=O)S/C(=C\c3cn(Cc4ccccc4)c4ccccc34)C2=O)ccc1Cl. The molecule has 1 aliphatic heterocycles. The molecule has 42 heavy (non-hydrogen) atoms. The highest BCUT2D eigenvalue weighted by Crippen LogP contribution is 2.34. The predicted molar refractivity (Wildman–Crippen MR) is 165 cm³/mol. The van der Waals surface area contributed by atoms with Gasteiger partial charge in [0.2, 0.25) is 5.91 Å². The van der Waals surface area contributed by atoms with Gasteiger partial charge < -0.3 is 14.6 Å². The lowest BCUT2D eigenvalue weighted by molar-refractivity contribution is -0.127. The Morgan fingerprint density at radius 1 is 1.02 bits per heavy atom. The van der Waals surface area contributed by atoms with Crippen molar-refractivity contribution in [2.24, 2.45) is 0 Å². The van der Waals surface area contributed by atoms with E-state index in [9.17, 15) is 19.2 Å². The molecular weight excluding hydrogens is 574 g/mol. The highest BCUT2D eigenvalue weighted by atomic mass is 35.5. The van der Waals surface area contributed by atoms with E-state index in [1.807, 2.05) is 55.6 Å². The lowest BCUT2D eigenvalue weighted by Crippen LogP contribution is -2.36. The van der Waals surface area contributed by atoms with Crippen molar-refractivity contribution < 1.29 is 23.9 Å². The molecule has 0 radical (unpaired) electrons. The first kappa shape index (κ1) is 29.2. The zero-order chi connectivity index (χ0) is 29.6. The van der Waals surface area contributed by atoms with Crippen LogP contribution in [0.25, 0.3) is 17.0 Å². The molecule has 3 aromatic carbocycles. The van der Waals surface area contributed by atoms with Crippen LogP contribution in [-0.4, -0.2) is 45.6 Å². The smallest absolute Gasteiger partial charge is 0.339 e. The number of hydrogen-bond donors (Lipinski definition) is 1. The molecule has 10 heteroatoms. The number of ether oxygens (including phenoxy) is 1. The van der Waals surface area contributed by atoms with E-state index in [1.54, 1.807) is 6.08 Å². The summed E-state index contributed by atoms with van der Waals surface area (Å²) in [6.45, 7) is 2.43. The van der Waals surface area contributed by atoms with E-state index >= 15 is 0 Å². The quantitative estimate of drug-likeness (QED) is 0.120. The molecule has 214 valence electrons. The lowest BCUT2D eigenvalue weighted by atomic mass is 10.1. The van der Waals surface area contributed by atoms with E-state index in [0.29, 0.717) is 12.2 Å². The van der Waals surface area contributed by atoms with Crippen molar-refractivity contribution in [2.75, 3.05) is 18.5 Å². The Labute approximate surface area is 252 Å². The first-order chi connectivity index (χ1) is 20.3. The maximum atomic E-state index is 13.2. The van der Waals surface area contributed by atoms with Crippen LogP contribution in [0.4, 0.5) is 10.5 Å². The van der Waals surface area contributed by atoms with Gasteiger partial charge in [0, 0.05) is 34.9 Å². The molecule has 1 aliphatic rings. The molecule has 1 fully saturated rings. The number of benzene rings is 3. The summed E-state index contributed by atoms with van der Waals surface area (Å²) in [5.41, 5.74) is 3.35. The van der Waals surface area contributed by atoms with E-state index in [-0.39, 0.29) is 22.1 Å². The van der Waals surface area contributed by atoms with E-state index in [0.717, 1.165) is 51.5 Å². The summed E-state index contributed by atoms with van der Waals surface area (Å²) in [6, 6.07) is 22.3. The zero-order valence-corrected chi connectivity index (χ0v) is 24.4. The third kappa shape index (κ3) is 6.58. The number of carbonyl (C=O) groups is 4. The molecule has 4 aromatic rings. The highest BCUT2D eigenvalue weighted by molar-refractivity contribution is 8.18. The summed E-state index contributed by atoms with van der Waals surface area (Å²) < 4.78 is 7.32. The standard InChI is InChI=1S/C32H28ClN3O5S/c1-2-3-15-41-31(39)25-17-23(13-14-26(25)33)34-29(37)20-36-30(38)28(42-32(36)40)16-22-19-35(18-21-9-5-4-6-10-21)27-12-8-7-11-24(22)27/h4-14,16-17,19H,2-3,15,18,20H2,1H3,(H,34,37)/b28-16-. The summed E-state index contributed by atoms with van der Waals surface area (Å²) in [5, 5.41) is 3.23. The number of anilines is 1. The summed E-state index contributed by atoms with van der Waals surface area (Å²) in [4.78, 5) is 52.3. The van der Waals surface area contributed by atoms with Crippen LogP contribution in [0.2, 0.25) is 5.02 Å². The number of esters is 1. The Hall–Kier alpha value is -4.34. The first-order valence-corrected chi connectivity index (χ1v) is 14.7. The van der Waals surface area contributed by atoms with Crippen LogP contribution in [0.1, 0.15) is 41.3 Å². The molecule has 8 nitrogen and oxygen atoms in total. The van der Waals surface area contributed by atoms with Crippen molar-refractivity contribution in [2.45, 2.75) is 26.3 Å². The number of thioether (sulfide) groups is 1. The van der Waals surface area contributed by atoms with Crippen LogP contribution in [0, 0.1) is 0 Å². The Balaban J connectivity index is 1.29. The lowest BCUT2D eigenvalue weighted by Gasteiger charge is -2.13. The molecule has 0 saturated carbocycles. The van der Waals surface area contributed by atoms with E-state index in [2.05, 4.69) is 22.0 Å². The molecule has 5 rings (SSSR count). The van der Waals surface area contributed by atoms with Gasteiger partial charge in [0.25, 0.3) is 11.1 Å². The van der Waals surface area contributed by atoms with Gasteiger partial charge in [0.15, 0.2) is 0 Å². The second-order valence-electron chi connectivity index (χ2n) is 9.72. The normalized spacial score (nSPS) is 14.1. The largest absolute Gasteiger partial charge is 0.462 e. The highest BCUT2D eigenvalue weighted by Gasteiger charge is 2.36. The molecule has 3 amide bonds.